The van der Waals surface area contributed by atoms with Gasteiger partial charge in [-0.05, 0) is 24.5 Å². The summed E-state index contributed by atoms with van der Waals surface area (Å²) in [5.41, 5.74) is 0.192. The number of carbonyl (C=O) groups is 2. The molecular formula is C17H24ClNO5. The van der Waals surface area contributed by atoms with Crippen molar-refractivity contribution in [2.45, 2.75) is 27.2 Å². The lowest BCUT2D eigenvalue weighted by molar-refractivity contribution is -0.124. The van der Waals surface area contributed by atoms with Crippen LogP contribution >= 0.6 is 11.6 Å². The summed E-state index contributed by atoms with van der Waals surface area (Å²) in [6, 6.07) is 2.92. The first-order valence-corrected chi connectivity index (χ1v) is 8.21. The number of amides is 1. The molecule has 0 saturated carbocycles. The second-order valence-corrected chi connectivity index (χ2v) is 6.03. The molecular weight excluding hydrogens is 334 g/mol. The second-order valence-electron chi connectivity index (χ2n) is 5.62. The van der Waals surface area contributed by atoms with E-state index in [-0.39, 0.29) is 23.1 Å². The molecule has 0 saturated heterocycles. The third-order valence-corrected chi connectivity index (χ3v) is 3.21. The number of benzene rings is 1. The van der Waals surface area contributed by atoms with E-state index in [4.69, 9.17) is 25.8 Å². The van der Waals surface area contributed by atoms with Crippen molar-refractivity contribution >= 4 is 23.5 Å². The van der Waals surface area contributed by atoms with Crippen molar-refractivity contribution in [1.82, 2.24) is 5.32 Å². The number of ether oxygens (including phenoxy) is 3. The van der Waals surface area contributed by atoms with E-state index in [2.05, 4.69) is 5.32 Å². The van der Waals surface area contributed by atoms with E-state index in [0.29, 0.717) is 30.6 Å². The van der Waals surface area contributed by atoms with Crippen LogP contribution in [0.2, 0.25) is 5.02 Å². The molecule has 1 aromatic rings. The molecule has 7 heteroatoms. The summed E-state index contributed by atoms with van der Waals surface area (Å²) in [5.74, 6) is 0.0325. The zero-order valence-corrected chi connectivity index (χ0v) is 15.2. The van der Waals surface area contributed by atoms with Gasteiger partial charge in [-0.1, -0.05) is 32.4 Å². The SMILES string of the molecule is CCCNC(=O)COC(=O)c1cc(Cl)c(OCC(C)C)c(OC)c1. The molecule has 0 unspecified atom stereocenters. The molecule has 1 rings (SSSR count). The Labute approximate surface area is 147 Å². The Kier molecular flexibility index (Phi) is 8.40. The van der Waals surface area contributed by atoms with E-state index in [0.717, 1.165) is 6.42 Å². The smallest absolute Gasteiger partial charge is 0.338 e. The molecule has 1 N–H and O–H groups in total. The van der Waals surface area contributed by atoms with E-state index in [9.17, 15) is 9.59 Å². The zero-order valence-electron chi connectivity index (χ0n) is 14.5. The van der Waals surface area contributed by atoms with Gasteiger partial charge in [-0.2, -0.15) is 0 Å². The minimum absolute atomic E-state index is 0.192. The maximum absolute atomic E-state index is 12.1. The molecule has 134 valence electrons. The molecule has 1 aromatic carbocycles. The lowest BCUT2D eigenvalue weighted by Gasteiger charge is -2.15. The molecule has 6 nitrogen and oxygen atoms in total. The summed E-state index contributed by atoms with van der Waals surface area (Å²) >= 11 is 6.18. The number of hydrogen-bond acceptors (Lipinski definition) is 5. The lowest BCUT2D eigenvalue weighted by atomic mass is 10.2. The van der Waals surface area contributed by atoms with Gasteiger partial charge in [0.15, 0.2) is 18.1 Å². The van der Waals surface area contributed by atoms with Crippen molar-refractivity contribution in [2.75, 3.05) is 26.9 Å². The van der Waals surface area contributed by atoms with Crippen molar-refractivity contribution in [3.63, 3.8) is 0 Å². The first-order chi connectivity index (χ1) is 11.4. The number of esters is 1. The number of hydrogen-bond donors (Lipinski definition) is 1. The van der Waals surface area contributed by atoms with E-state index >= 15 is 0 Å². The van der Waals surface area contributed by atoms with Gasteiger partial charge in [-0.25, -0.2) is 4.79 Å². The minimum Gasteiger partial charge on any atom is -0.493 e. The van der Waals surface area contributed by atoms with Gasteiger partial charge in [0.25, 0.3) is 5.91 Å². The van der Waals surface area contributed by atoms with Gasteiger partial charge in [-0.3, -0.25) is 4.79 Å². The molecule has 0 aliphatic carbocycles. The van der Waals surface area contributed by atoms with Crippen LogP contribution in [-0.4, -0.2) is 38.7 Å². The highest BCUT2D eigenvalue weighted by Crippen LogP contribution is 2.36. The summed E-state index contributed by atoms with van der Waals surface area (Å²) < 4.78 is 15.8. The highest BCUT2D eigenvalue weighted by Gasteiger charge is 2.18. The first-order valence-electron chi connectivity index (χ1n) is 7.83. The number of carbonyl (C=O) groups excluding carboxylic acids is 2. The van der Waals surface area contributed by atoms with Crippen LogP contribution in [0.1, 0.15) is 37.6 Å². The standard InChI is InChI=1S/C17H24ClNO5/c1-5-6-19-15(20)10-24-17(21)12-7-13(18)16(14(8-12)22-4)23-9-11(2)3/h7-8,11H,5-6,9-10H2,1-4H3,(H,19,20). The highest BCUT2D eigenvalue weighted by molar-refractivity contribution is 6.32. The van der Waals surface area contributed by atoms with Crippen LogP contribution in [0.25, 0.3) is 0 Å². The van der Waals surface area contributed by atoms with E-state index in [1.54, 1.807) is 0 Å². The quantitative estimate of drug-likeness (QED) is 0.687. The molecule has 0 aliphatic rings. The van der Waals surface area contributed by atoms with Crippen LogP contribution in [0.5, 0.6) is 11.5 Å². The van der Waals surface area contributed by atoms with Crippen molar-refractivity contribution in [3.8, 4) is 11.5 Å². The lowest BCUT2D eigenvalue weighted by Crippen LogP contribution is -2.29. The first kappa shape index (κ1) is 20.1. The molecule has 0 fully saturated rings. The Bertz CT molecular complexity index is 574. The average Bonchev–Trinajstić information content (AvgIpc) is 2.55. The van der Waals surface area contributed by atoms with Crippen LogP contribution in [0.4, 0.5) is 0 Å². The van der Waals surface area contributed by atoms with E-state index in [1.165, 1.54) is 19.2 Å². The Hall–Kier alpha value is -1.95. The van der Waals surface area contributed by atoms with Crippen molar-refractivity contribution in [3.05, 3.63) is 22.7 Å². The van der Waals surface area contributed by atoms with Crippen LogP contribution < -0.4 is 14.8 Å². The molecule has 0 aliphatic heterocycles. The Morgan fingerprint density at radius 1 is 1.29 bits per heavy atom. The predicted molar refractivity (Wildman–Crippen MR) is 91.9 cm³/mol. The topological polar surface area (TPSA) is 73.9 Å². The Balaban J connectivity index is 2.79. The van der Waals surface area contributed by atoms with Crippen LogP contribution in [-0.2, 0) is 9.53 Å². The van der Waals surface area contributed by atoms with Crippen LogP contribution in [0.15, 0.2) is 12.1 Å². The average molecular weight is 358 g/mol. The normalized spacial score (nSPS) is 10.4. The van der Waals surface area contributed by atoms with Crippen molar-refractivity contribution < 1.29 is 23.8 Å². The highest BCUT2D eigenvalue weighted by atomic mass is 35.5. The molecule has 0 aromatic heterocycles. The summed E-state index contributed by atoms with van der Waals surface area (Å²) in [4.78, 5) is 23.5. The summed E-state index contributed by atoms with van der Waals surface area (Å²) in [6.45, 7) is 6.62. The van der Waals surface area contributed by atoms with Crippen LogP contribution in [0, 0.1) is 5.92 Å². The van der Waals surface area contributed by atoms with Gasteiger partial charge in [0.2, 0.25) is 0 Å². The largest absolute Gasteiger partial charge is 0.493 e. The number of rotatable bonds is 9. The van der Waals surface area contributed by atoms with Crippen molar-refractivity contribution in [2.24, 2.45) is 5.92 Å². The molecule has 0 atom stereocenters. The van der Waals surface area contributed by atoms with Crippen molar-refractivity contribution in [1.29, 1.82) is 0 Å². The monoisotopic (exact) mass is 357 g/mol. The third kappa shape index (κ3) is 6.28. The molecule has 0 heterocycles. The zero-order chi connectivity index (χ0) is 18.1. The van der Waals surface area contributed by atoms with Gasteiger partial charge in [0, 0.05) is 6.54 Å². The predicted octanol–water partition coefficient (Wildman–Crippen LogP) is 3.07. The number of nitrogens with one attached hydrogen (secondary N) is 1. The third-order valence-electron chi connectivity index (χ3n) is 2.93. The molecule has 0 bridgehead atoms. The van der Waals surface area contributed by atoms with E-state index < -0.39 is 5.97 Å². The van der Waals surface area contributed by atoms with Gasteiger partial charge in [-0.15, -0.1) is 0 Å². The maximum atomic E-state index is 12.1. The summed E-state index contributed by atoms with van der Waals surface area (Å²) in [7, 11) is 1.46. The van der Waals surface area contributed by atoms with Gasteiger partial charge in [0.1, 0.15) is 0 Å². The fourth-order valence-corrected chi connectivity index (χ4v) is 2.02. The summed E-state index contributed by atoms with van der Waals surface area (Å²) in [6.07, 6.45) is 0.810. The van der Waals surface area contributed by atoms with Gasteiger partial charge < -0.3 is 19.5 Å². The molecule has 0 radical (unpaired) electrons. The minimum atomic E-state index is -0.655. The van der Waals surface area contributed by atoms with Crippen LogP contribution in [0.3, 0.4) is 0 Å². The molecule has 0 spiro atoms. The number of methoxy groups -OCH3 is 1. The molecule has 1 amide bonds. The summed E-state index contributed by atoms with van der Waals surface area (Å²) in [5, 5.41) is 2.87. The maximum Gasteiger partial charge on any atom is 0.338 e. The second kappa shape index (κ2) is 10.0. The fraction of sp³-hybridized carbons (Fsp3) is 0.529. The fourth-order valence-electron chi connectivity index (χ4n) is 1.76. The Morgan fingerprint density at radius 3 is 2.58 bits per heavy atom. The van der Waals surface area contributed by atoms with Gasteiger partial charge in [0.05, 0.1) is 24.3 Å². The van der Waals surface area contributed by atoms with E-state index in [1.807, 2.05) is 20.8 Å². The van der Waals surface area contributed by atoms with Gasteiger partial charge >= 0.3 is 5.97 Å². The number of halogens is 1. The Morgan fingerprint density at radius 2 is 2.00 bits per heavy atom. The molecule has 24 heavy (non-hydrogen) atoms.